The molecule has 0 aliphatic carbocycles. The van der Waals surface area contributed by atoms with Crippen LogP contribution in [-0.2, 0) is 12.7 Å². The molecule has 9 heteroatoms. The highest BCUT2D eigenvalue weighted by Crippen LogP contribution is 2.30. The van der Waals surface area contributed by atoms with Crippen LogP contribution in [-0.4, -0.2) is 22.0 Å². The van der Waals surface area contributed by atoms with Crippen molar-refractivity contribution in [1.82, 2.24) is 9.78 Å². The van der Waals surface area contributed by atoms with Crippen LogP contribution < -0.4 is 15.4 Å². The lowest BCUT2D eigenvalue weighted by Crippen LogP contribution is -2.20. The molecule has 1 aromatic heterocycles. The van der Waals surface area contributed by atoms with Gasteiger partial charge in [-0.25, -0.2) is 0 Å². The van der Waals surface area contributed by atoms with Crippen LogP contribution in [0.5, 0.6) is 5.75 Å². The van der Waals surface area contributed by atoms with Gasteiger partial charge in [0.05, 0.1) is 42.0 Å². The Labute approximate surface area is 177 Å². The minimum Gasteiger partial charge on any atom is -0.495 e. The summed E-state index contributed by atoms with van der Waals surface area (Å²) in [5.74, 6) is 0.648. The van der Waals surface area contributed by atoms with Gasteiger partial charge in [-0.2, -0.15) is 18.3 Å². The molecular formula is C21H21F3N4OS. The Bertz CT molecular complexity index is 1060. The number of nitrogens with one attached hydrogen (secondary N) is 2. The topological polar surface area (TPSA) is 51.1 Å². The van der Waals surface area contributed by atoms with Gasteiger partial charge in [-0.1, -0.05) is 24.3 Å². The van der Waals surface area contributed by atoms with Gasteiger partial charge in [0, 0.05) is 0 Å². The van der Waals surface area contributed by atoms with Crippen LogP contribution in [0, 0.1) is 13.8 Å². The highest BCUT2D eigenvalue weighted by Gasteiger charge is 2.30. The number of anilines is 2. The van der Waals surface area contributed by atoms with Crippen LogP contribution in [0.4, 0.5) is 24.5 Å². The zero-order chi connectivity index (χ0) is 21.9. The van der Waals surface area contributed by atoms with Gasteiger partial charge in [0.2, 0.25) is 0 Å². The third kappa shape index (κ3) is 4.91. The third-order valence-electron chi connectivity index (χ3n) is 4.56. The molecule has 0 bridgehead atoms. The number of hydrogen-bond donors (Lipinski definition) is 2. The zero-order valence-electron chi connectivity index (χ0n) is 16.7. The van der Waals surface area contributed by atoms with E-state index in [9.17, 15) is 13.2 Å². The Morgan fingerprint density at radius 1 is 1.10 bits per heavy atom. The van der Waals surface area contributed by atoms with Crippen LogP contribution in [0.25, 0.3) is 0 Å². The average molecular weight is 434 g/mol. The van der Waals surface area contributed by atoms with Crippen molar-refractivity contribution in [2.75, 3.05) is 17.7 Å². The van der Waals surface area contributed by atoms with Crippen LogP contribution in [0.1, 0.15) is 22.5 Å². The normalized spacial score (nSPS) is 11.3. The predicted molar refractivity (Wildman–Crippen MR) is 115 cm³/mol. The van der Waals surface area contributed by atoms with E-state index < -0.39 is 11.7 Å². The lowest BCUT2D eigenvalue weighted by Gasteiger charge is -2.14. The van der Waals surface area contributed by atoms with Gasteiger partial charge in [0.1, 0.15) is 5.75 Å². The highest BCUT2D eigenvalue weighted by molar-refractivity contribution is 7.80. The molecule has 3 rings (SSSR count). The molecule has 2 aromatic carbocycles. The van der Waals surface area contributed by atoms with Crippen LogP contribution in [0.2, 0.25) is 0 Å². The van der Waals surface area contributed by atoms with Crippen LogP contribution >= 0.6 is 12.2 Å². The number of thiocarbonyl (C=S) groups is 1. The van der Waals surface area contributed by atoms with Gasteiger partial charge in [0.25, 0.3) is 0 Å². The highest BCUT2D eigenvalue weighted by atomic mass is 32.1. The number of rotatable bonds is 5. The minimum absolute atomic E-state index is 0.213. The molecule has 0 fully saturated rings. The lowest BCUT2D eigenvalue weighted by molar-refractivity contribution is -0.137. The summed E-state index contributed by atoms with van der Waals surface area (Å²) in [4.78, 5) is 0. The Kier molecular flexibility index (Phi) is 6.31. The van der Waals surface area contributed by atoms with E-state index in [0.29, 0.717) is 33.5 Å². The van der Waals surface area contributed by atoms with Crippen LogP contribution in [0.3, 0.4) is 0 Å². The molecule has 30 heavy (non-hydrogen) atoms. The molecule has 2 N–H and O–H groups in total. The molecule has 158 valence electrons. The largest absolute Gasteiger partial charge is 0.495 e. The minimum atomic E-state index is -4.38. The molecular weight excluding hydrogens is 413 g/mol. The van der Waals surface area contributed by atoms with E-state index in [4.69, 9.17) is 17.0 Å². The van der Waals surface area contributed by atoms with E-state index in [0.717, 1.165) is 17.8 Å². The molecule has 5 nitrogen and oxygen atoms in total. The summed E-state index contributed by atoms with van der Waals surface area (Å²) < 4.78 is 45.9. The average Bonchev–Trinajstić information content (AvgIpc) is 2.95. The lowest BCUT2D eigenvalue weighted by atomic mass is 10.1. The summed E-state index contributed by atoms with van der Waals surface area (Å²) in [6.45, 7) is 3.86. The van der Waals surface area contributed by atoms with E-state index in [1.807, 2.05) is 38.1 Å². The molecule has 3 aromatic rings. The Balaban J connectivity index is 1.77. The molecule has 0 aliphatic heterocycles. The standard InChI is InChI=1S/C21H21F3N4OS/c1-13-19(26-20(30)25-17-9-4-5-10-18(17)29-3)14(2)28(27-13)12-15-7-6-8-16(11-15)21(22,23)24/h4-11H,12H2,1-3H3,(H2,25,26,30). The number of para-hydroxylation sites is 2. The Hall–Kier alpha value is -3.07. The van der Waals surface area contributed by atoms with E-state index in [2.05, 4.69) is 15.7 Å². The number of hydrogen-bond acceptors (Lipinski definition) is 3. The second-order valence-corrected chi connectivity index (χ2v) is 7.09. The summed E-state index contributed by atoms with van der Waals surface area (Å²) in [6.07, 6.45) is -4.38. The zero-order valence-corrected chi connectivity index (χ0v) is 17.5. The maximum atomic E-state index is 13.0. The predicted octanol–water partition coefficient (Wildman–Crippen LogP) is 5.38. The Morgan fingerprint density at radius 2 is 1.83 bits per heavy atom. The van der Waals surface area contributed by atoms with Gasteiger partial charge in [-0.3, -0.25) is 4.68 Å². The van der Waals surface area contributed by atoms with E-state index in [1.165, 1.54) is 6.07 Å². The second-order valence-electron chi connectivity index (χ2n) is 6.68. The number of halogens is 3. The number of aryl methyl sites for hydroxylation is 1. The molecule has 0 saturated carbocycles. The van der Waals surface area contributed by atoms with Crippen molar-refractivity contribution in [3.8, 4) is 5.75 Å². The molecule has 0 atom stereocenters. The first-order valence-electron chi connectivity index (χ1n) is 9.10. The van der Waals surface area contributed by atoms with E-state index in [-0.39, 0.29) is 6.54 Å². The molecule has 0 saturated heterocycles. The van der Waals surface area contributed by atoms with Gasteiger partial charge in [-0.05, 0) is 55.9 Å². The van der Waals surface area contributed by atoms with Crippen molar-refractivity contribution in [3.63, 3.8) is 0 Å². The molecule has 0 unspecified atom stereocenters. The van der Waals surface area contributed by atoms with Gasteiger partial charge < -0.3 is 15.4 Å². The number of aromatic nitrogens is 2. The van der Waals surface area contributed by atoms with E-state index in [1.54, 1.807) is 17.9 Å². The van der Waals surface area contributed by atoms with Crippen molar-refractivity contribution in [1.29, 1.82) is 0 Å². The van der Waals surface area contributed by atoms with Gasteiger partial charge in [-0.15, -0.1) is 0 Å². The van der Waals surface area contributed by atoms with Crippen molar-refractivity contribution in [2.24, 2.45) is 0 Å². The van der Waals surface area contributed by atoms with Gasteiger partial charge in [0.15, 0.2) is 5.11 Å². The quantitative estimate of drug-likeness (QED) is 0.528. The smallest absolute Gasteiger partial charge is 0.416 e. The fourth-order valence-corrected chi connectivity index (χ4v) is 3.28. The van der Waals surface area contributed by atoms with Crippen molar-refractivity contribution < 1.29 is 17.9 Å². The monoisotopic (exact) mass is 434 g/mol. The molecule has 0 spiro atoms. The summed E-state index contributed by atoms with van der Waals surface area (Å²) in [6, 6.07) is 12.6. The Morgan fingerprint density at radius 3 is 2.53 bits per heavy atom. The van der Waals surface area contributed by atoms with E-state index >= 15 is 0 Å². The molecule has 0 amide bonds. The summed E-state index contributed by atoms with van der Waals surface area (Å²) in [5.41, 5.74) is 2.69. The number of ether oxygens (including phenoxy) is 1. The number of benzene rings is 2. The first-order valence-corrected chi connectivity index (χ1v) is 9.51. The number of methoxy groups -OCH3 is 1. The SMILES string of the molecule is COc1ccccc1NC(=S)Nc1c(C)nn(Cc2cccc(C(F)(F)F)c2)c1C. The second kappa shape index (κ2) is 8.74. The van der Waals surface area contributed by atoms with Crippen molar-refractivity contribution >= 4 is 28.7 Å². The van der Waals surface area contributed by atoms with Gasteiger partial charge >= 0.3 is 6.18 Å². The maximum absolute atomic E-state index is 13.0. The first-order chi connectivity index (χ1) is 14.2. The molecule has 1 heterocycles. The van der Waals surface area contributed by atoms with Crippen molar-refractivity contribution in [3.05, 3.63) is 71.0 Å². The molecule has 0 radical (unpaired) electrons. The fraction of sp³-hybridized carbons (Fsp3) is 0.238. The fourth-order valence-electron chi connectivity index (χ4n) is 3.07. The third-order valence-corrected chi connectivity index (χ3v) is 4.77. The number of alkyl halides is 3. The first kappa shape index (κ1) is 21.6. The summed E-state index contributed by atoms with van der Waals surface area (Å²) in [7, 11) is 1.57. The summed E-state index contributed by atoms with van der Waals surface area (Å²) >= 11 is 5.40. The number of nitrogens with zero attached hydrogens (tertiary/aromatic N) is 2. The summed E-state index contributed by atoms with van der Waals surface area (Å²) in [5, 5.41) is 11.0. The maximum Gasteiger partial charge on any atom is 0.416 e. The van der Waals surface area contributed by atoms with Crippen molar-refractivity contribution in [2.45, 2.75) is 26.6 Å². The molecule has 0 aliphatic rings. The van der Waals surface area contributed by atoms with Crippen LogP contribution in [0.15, 0.2) is 48.5 Å².